The van der Waals surface area contributed by atoms with E-state index in [1.165, 1.54) is 38.2 Å². The molecule has 1 heteroatoms. The van der Waals surface area contributed by atoms with E-state index in [9.17, 15) is 0 Å². The van der Waals surface area contributed by atoms with Gasteiger partial charge >= 0.3 is 0 Å². The number of rotatable bonds is 2. The van der Waals surface area contributed by atoms with E-state index in [1.54, 1.807) is 0 Å². The third-order valence-corrected chi connectivity index (χ3v) is 6.68. The van der Waals surface area contributed by atoms with Crippen molar-refractivity contribution in [1.29, 1.82) is 0 Å². The summed E-state index contributed by atoms with van der Waals surface area (Å²) in [6, 6.07) is 30.5. The predicted molar refractivity (Wildman–Crippen MR) is 120 cm³/mol. The zero-order chi connectivity index (χ0) is 18.3. The van der Waals surface area contributed by atoms with Crippen molar-refractivity contribution in [1.82, 2.24) is 0 Å². The summed E-state index contributed by atoms with van der Waals surface area (Å²) in [6.45, 7) is 0. The van der Waals surface area contributed by atoms with E-state index in [0.717, 1.165) is 6.42 Å². The largest absolute Gasteiger partial charge is 0.0824 e. The van der Waals surface area contributed by atoms with Gasteiger partial charge in [0.2, 0.25) is 0 Å². The summed E-state index contributed by atoms with van der Waals surface area (Å²) < 4.78 is -0.243. The van der Waals surface area contributed by atoms with Gasteiger partial charge in [0.15, 0.2) is 0 Å². The zero-order valence-corrected chi connectivity index (χ0v) is 16.5. The molecule has 0 nitrogen and oxygen atoms in total. The molecule has 1 atom stereocenters. The van der Waals surface area contributed by atoms with Gasteiger partial charge in [-0.25, -0.2) is 0 Å². The lowest BCUT2D eigenvalue weighted by Crippen LogP contribution is -2.22. The quantitative estimate of drug-likeness (QED) is 0.235. The van der Waals surface area contributed by atoms with Crippen LogP contribution in [0.15, 0.2) is 103 Å². The van der Waals surface area contributed by atoms with Crippen LogP contribution in [0.1, 0.15) is 17.5 Å². The molecule has 0 spiro atoms. The van der Waals surface area contributed by atoms with E-state index in [2.05, 4.69) is 119 Å². The summed E-state index contributed by atoms with van der Waals surface area (Å²) >= 11 is 4.19. The van der Waals surface area contributed by atoms with Crippen molar-refractivity contribution in [2.75, 3.05) is 0 Å². The molecule has 1 aliphatic rings. The summed E-state index contributed by atoms with van der Waals surface area (Å²) in [5, 5.41) is 5.22. The van der Waals surface area contributed by atoms with Crippen molar-refractivity contribution < 1.29 is 0 Å². The van der Waals surface area contributed by atoms with Crippen LogP contribution in [-0.4, -0.2) is 0 Å². The SMILES string of the molecule is BrC1(c2cc3ccccc3c3ccccc23)CC=CC=C1c1ccccc1. The third-order valence-electron chi connectivity index (χ3n) is 5.50. The van der Waals surface area contributed by atoms with Gasteiger partial charge in [0.05, 0.1) is 4.32 Å². The molecule has 0 saturated heterocycles. The van der Waals surface area contributed by atoms with Crippen molar-refractivity contribution in [2.24, 2.45) is 0 Å². The molecule has 5 rings (SSSR count). The summed E-state index contributed by atoms with van der Waals surface area (Å²) in [4.78, 5) is 0. The maximum atomic E-state index is 4.19. The molecule has 0 bridgehead atoms. The molecule has 0 aliphatic heterocycles. The Morgan fingerprint density at radius 2 is 1.37 bits per heavy atom. The highest BCUT2D eigenvalue weighted by atomic mass is 79.9. The minimum Gasteiger partial charge on any atom is -0.0824 e. The monoisotopic (exact) mass is 410 g/mol. The molecule has 0 fully saturated rings. The second-order valence-electron chi connectivity index (χ2n) is 7.07. The maximum absolute atomic E-state index is 4.19. The Balaban J connectivity index is 1.83. The number of hydrogen-bond acceptors (Lipinski definition) is 0. The van der Waals surface area contributed by atoms with Gasteiger partial charge in [-0.15, -0.1) is 0 Å². The van der Waals surface area contributed by atoms with Crippen molar-refractivity contribution in [3.05, 3.63) is 114 Å². The minimum absolute atomic E-state index is 0.243. The molecule has 27 heavy (non-hydrogen) atoms. The first kappa shape index (κ1) is 16.5. The first-order valence-electron chi connectivity index (χ1n) is 9.30. The van der Waals surface area contributed by atoms with Crippen LogP contribution in [-0.2, 0) is 4.32 Å². The summed E-state index contributed by atoms with van der Waals surface area (Å²) in [5.74, 6) is 0. The fourth-order valence-electron chi connectivity index (χ4n) is 4.22. The maximum Gasteiger partial charge on any atom is 0.0801 e. The third kappa shape index (κ3) is 2.65. The second-order valence-corrected chi connectivity index (χ2v) is 8.42. The highest BCUT2D eigenvalue weighted by molar-refractivity contribution is 9.10. The van der Waals surface area contributed by atoms with Gasteiger partial charge in [0.25, 0.3) is 0 Å². The molecule has 4 aromatic rings. The summed E-state index contributed by atoms with van der Waals surface area (Å²) in [5.41, 5.74) is 3.90. The lowest BCUT2D eigenvalue weighted by Gasteiger charge is -2.34. The van der Waals surface area contributed by atoms with E-state index in [4.69, 9.17) is 0 Å². The smallest absolute Gasteiger partial charge is 0.0801 e. The topological polar surface area (TPSA) is 0 Å². The van der Waals surface area contributed by atoms with Gasteiger partial charge < -0.3 is 0 Å². The number of alkyl halides is 1. The van der Waals surface area contributed by atoms with Crippen LogP contribution in [0.25, 0.3) is 27.1 Å². The van der Waals surface area contributed by atoms with Gasteiger partial charge in [-0.05, 0) is 50.7 Å². The fraction of sp³-hybridized carbons (Fsp3) is 0.0769. The first-order chi connectivity index (χ1) is 13.3. The highest BCUT2D eigenvalue weighted by Gasteiger charge is 2.36. The van der Waals surface area contributed by atoms with Crippen molar-refractivity contribution in [3.63, 3.8) is 0 Å². The van der Waals surface area contributed by atoms with Gasteiger partial charge in [-0.2, -0.15) is 0 Å². The van der Waals surface area contributed by atoms with E-state index < -0.39 is 0 Å². The fourth-order valence-corrected chi connectivity index (χ4v) is 5.09. The molecule has 0 N–H and O–H groups in total. The standard InChI is InChI=1S/C26H19Br/c27-26(17-9-8-16-24(26)19-10-2-1-3-11-19)25-18-20-12-4-5-13-21(20)22-14-6-7-15-23(22)25/h1-16,18H,17H2. The zero-order valence-electron chi connectivity index (χ0n) is 14.9. The second kappa shape index (κ2) is 6.51. The van der Waals surface area contributed by atoms with Crippen molar-refractivity contribution in [3.8, 4) is 0 Å². The number of allylic oxidation sites excluding steroid dienone is 4. The van der Waals surface area contributed by atoms with E-state index in [0.29, 0.717) is 0 Å². The normalized spacial score (nSPS) is 19.4. The van der Waals surface area contributed by atoms with Crippen LogP contribution >= 0.6 is 15.9 Å². The average molecular weight is 411 g/mol. The van der Waals surface area contributed by atoms with Crippen molar-refractivity contribution >= 4 is 43.0 Å². The Morgan fingerprint density at radius 3 is 2.19 bits per heavy atom. The van der Waals surface area contributed by atoms with Crippen LogP contribution in [0, 0.1) is 0 Å². The Hall–Kier alpha value is -2.64. The molecule has 1 aliphatic carbocycles. The first-order valence-corrected chi connectivity index (χ1v) is 10.1. The molecule has 1 unspecified atom stereocenters. The van der Waals surface area contributed by atoms with Gasteiger partial charge in [-0.3, -0.25) is 0 Å². The van der Waals surface area contributed by atoms with E-state index in [1.807, 2.05) is 0 Å². The summed E-state index contributed by atoms with van der Waals surface area (Å²) in [6.07, 6.45) is 7.60. The number of halogens is 1. The van der Waals surface area contributed by atoms with Gasteiger partial charge in [0.1, 0.15) is 0 Å². The Labute approximate surface area is 168 Å². The number of benzene rings is 4. The molecule has 0 saturated carbocycles. The average Bonchev–Trinajstić information content (AvgIpc) is 2.74. The van der Waals surface area contributed by atoms with E-state index >= 15 is 0 Å². The Bertz CT molecular complexity index is 1200. The van der Waals surface area contributed by atoms with Crippen LogP contribution in [0.5, 0.6) is 0 Å². The molecule has 0 radical (unpaired) electrons. The summed E-state index contributed by atoms with van der Waals surface area (Å²) in [7, 11) is 0. The van der Waals surface area contributed by atoms with Crippen LogP contribution in [0.4, 0.5) is 0 Å². The Kier molecular flexibility index (Phi) is 3.98. The highest BCUT2D eigenvalue weighted by Crippen LogP contribution is 2.51. The molecular formula is C26H19Br. The number of fused-ring (bicyclic) bond motifs is 3. The minimum atomic E-state index is -0.243. The Morgan fingerprint density at radius 1 is 0.704 bits per heavy atom. The molecule has 0 aromatic heterocycles. The predicted octanol–water partition coefficient (Wildman–Crippen LogP) is 7.63. The molecular weight excluding hydrogens is 392 g/mol. The van der Waals surface area contributed by atoms with Crippen LogP contribution in [0.2, 0.25) is 0 Å². The van der Waals surface area contributed by atoms with Crippen LogP contribution < -0.4 is 0 Å². The lowest BCUT2D eigenvalue weighted by atomic mass is 9.79. The molecule has 130 valence electrons. The van der Waals surface area contributed by atoms with Gasteiger partial charge in [0, 0.05) is 0 Å². The molecule has 0 heterocycles. The van der Waals surface area contributed by atoms with E-state index in [-0.39, 0.29) is 4.32 Å². The van der Waals surface area contributed by atoms with Crippen LogP contribution in [0.3, 0.4) is 0 Å². The van der Waals surface area contributed by atoms with Gasteiger partial charge in [-0.1, -0.05) is 113 Å². The van der Waals surface area contributed by atoms with Crippen molar-refractivity contribution in [2.45, 2.75) is 10.7 Å². The number of hydrogen-bond donors (Lipinski definition) is 0. The molecule has 4 aromatic carbocycles. The molecule has 0 amide bonds. The lowest BCUT2D eigenvalue weighted by molar-refractivity contribution is 0.827.